The van der Waals surface area contributed by atoms with Crippen molar-refractivity contribution in [1.29, 1.82) is 5.26 Å². The molecule has 1 aromatic rings. The maximum absolute atomic E-state index is 14.5. The van der Waals surface area contributed by atoms with E-state index < -0.39 is 71.8 Å². The van der Waals surface area contributed by atoms with Crippen molar-refractivity contribution in [3.63, 3.8) is 0 Å². The van der Waals surface area contributed by atoms with E-state index >= 15 is 0 Å². The maximum Gasteiger partial charge on any atom is 0.410 e. The van der Waals surface area contributed by atoms with Crippen LogP contribution in [-0.4, -0.2) is 139 Å². The number of likely N-dealkylation sites (N-methyl/N-ethyl adjacent to an activating group) is 1. The number of esters is 1. The third-order valence-electron chi connectivity index (χ3n) is 13.0. The lowest BCUT2D eigenvalue weighted by Gasteiger charge is -2.48. The maximum atomic E-state index is 14.5. The van der Waals surface area contributed by atoms with Crippen LogP contribution >= 0.6 is 0 Å². The van der Waals surface area contributed by atoms with Crippen molar-refractivity contribution < 1.29 is 48.0 Å². The van der Waals surface area contributed by atoms with Gasteiger partial charge in [0.05, 0.1) is 67.3 Å². The molecular formula is C43H63N5O10. The van der Waals surface area contributed by atoms with Gasteiger partial charge >= 0.3 is 12.1 Å². The number of rotatable bonds is 7. The highest BCUT2D eigenvalue weighted by Crippen LogP contribution is 2.45. The highest BCUT2D eigenvalue weighted by molar-refractivity contribution is 5.91. The summed E-state index contributed by atoms with van der Waals surface area (Å²) in [6, 6.07) is 8.59. The average Bonchev–Trinajstić information content (AvgIpc) is 3.33. The zero-order valence-electron chi connectivity index (χ0n) is 35.8. The third-order valence-corrected chi connectivity index (χ3v) is 13.0. The number of cyclic esters (lactones) is 1. The molecular weight excluding hydrogens is 746 g/mol. The van der Waals surface area contributed by atoms with Crippen molar-refractivity contribution in [3.8, 4) is 6.07 Å². The summed E-state index contributed by atoms with van der Waals surface area (Å²) in [6.45, 7) is 16.5. The number of amides is 1. The van der Waals surface area contributed by atoms with E-state index in [1.54, 1.807) is 30.0 Å². The molecule has 14 atom stereocenters. The number of hydrogen-bond acceptors (Lipinski definition) is 14. The predicted octanol–water partition coefficient (Wildman–Crippen LogP) is 4.72. The van der Waals surface area contributed by atoms with Crippen LogP contribution in [0, 0.1) is 35.0 Å². The van der Waals surface area contributed by atoms with Crippen LogP contribution in [0.3, 0.4) is 0 Å². The number of benzene rings is 1. The number of oxime groups is 1. The predicted molar refractivity (Wildman–Crippen MR) is 214 cm³/mol. The number of carbonyl (C=O) groups excluding carboxylic acids is 2. The van der Waals surface area contributed by atoms with E-state index in [9.17, 15) is 20.0 Å². The van der Waals surface area contributed by atoms with E-state index in [2.05, 4.69) is 25.1 Å². The van der Waals surface area contributed by atoms with E-state index in [0.29, 0.717) is 43.6 Å². The molecule has 0 spiro atoms. The van der Waals surface area contributed by atoms with Crippen molar-refractivity contribution >= 4 is 23.5 Å². The van der Waals surface area contributed by atoms with Crippen LogP contribution in [0.1, 0.15) is 85.8 Å². The van der Waals surface area contributed by atoms with Gasteiger partial charge in [0.2, 0.25) is 0 Å². The normalized spacial score (nSPS) is 40.6. The fraction of sp³-hybridized carbons (Fsp3) is 0.744. The highest BCUT2D eigenvalue weighted by atomic mass is 16.7. The van der Waals surface area contributed by atoms with E-state index in [1.165, 1.54) is 0 Å². The van der Waals surface area contributed by atoms with E-state index in [0.717, 1.165) is 11.3 Å². The van der Waals surface area contributed by atoms with Gasteiger partial charge in [-0.1, -0.05) is 45.0 Å². The molecule has 1 aromatic carbocycles. The van der Waals surface area contributed by atoms with Gasteiger partial charge in [-0.3, -0.25) is 14.7 Å². The first-order valence-electron chi connectivity index (χ1n) is 20.8. The third kappa shape index (κ3) is 8.79. The molecule has 5 aliphatic heterocycles. The number of aliphatic hydroxyl groups is 1. The molecule has 6 rings (SSSR count). The van der Waals surface area contributed by atoms with E-state index in [1.807, 2.05) is 59.7 Å². The van der Waals surface area contributed by atoms with Crippen LogP contribution in [0.5, 0.6) is 0 Å². The number of carbonyl (C=O) groups is 2. The molecule has 0 saturated carbocycles. The van der Waals surface area contributed by atoms with Gasteiger partial charge in [0.15, 0.2) is 11.9 Å². The van der Waals surface area contributed by atoms with Crippen LogP contribution in [0.25, 0.3) is 0 Å². The molecule has 58 heavy (non-hydrogen) atoms. The first-order valence-corrected chi connectivity index (χ1v) is 20.8. The minimum Gasteiger partial charge on any atom is -0.458 e. The average molecular weight is 810 g/mol. The Hall–Kier alpha value is -3.65. The Morgan fingerprint density at radius 2 is 1.88 bits per heavy atom. The number of aliphatic hydroxyl groups excluding tert-OH is 1. The molecule has 15 nitrogen and oxygen atoms in total. The summed E-state index contributed by atoms with van der Waals surface area (Å²) in [5, 5.41) is 25.6. The summed E-state index contributed by atoms with van der Waals surface area (Å²) < 4.78 is 39.7. The minimum absolute atomic E-state index is 0.00113. The summed E-state index contributed by atoms with van der Waals surface area (Å²) in [4.78, 5) is 42.7. The SMILES string of the molecule is CC[C@H]1OC(=O)[C@H](C)[C@H]2OC/C(=N\OCc3cccc(C#N)c3)CO[C@](C)(C[C@@H](C)C3=NCCN4C(=O)O[C@@]1(C)[C@H]4[C@H]3C)[C@H](O[C@H]1O[C@@H](C)C[C@@H](N(C)C)[C@@H]1O)[C@H]2C. The molecule has 5 aliphatic rings. The molecule has 0 unspecified atom stereocenters. The van der Waals surface area contributed by atoms with Crippen LogP contribution < -0.4 is 0 Å². The topological polar surface area (TPSA) is 174 Å². The molecule has 15 heteroatoms. The number of fused-ring (bicyclic) bond motifs is 4. The fourth-order valence-corrected chi connectivity index (χ4v) is 10.1. The van der Waals surface area contributed by atoms with Gasteiger partial charge in [-0.15, -0.1) is 0 Å². The molecule has 1 amide bonds. The largest absolute Gasteiger partial charge is 0.458 e. The van der Waals surface area contributed by atoms with Crippen molar-refractivity contribution in [2.24, 2.45) is 33.8 Å². The van der Waals surface area contributed by atoms with Gasteiger partial charge in [-0.2, -0.15) is 5.26 Å². The molecule has 0 aliphatic carbocycles. The van der Waals surface area contributed by atoms with E-state index in [4.69, 9.17) is 38.3 Å². The molecule has 4 bridgehead atoms. The lowest BCUT2D eigenvalue weighted by molar-refractivity contribution is -0.302. The zero-order chi connectivity index (χ0) is 42.1. The van der Waals surface area contributed by atoms with Crippen LogP contribution in [-0.2, 0) is 44.7 Å². The van der Waals surface area contributed by atoms with Crippen molar-refractivity contribution in [3.05, 3.63) is 35.4 Å². The van der Waals surface area contributed by atoms with Gasteiger partial charge in [0.25, 0.3) is 0 Å². The Morgan fingerprint density at radius 1 is 1.12 bits per heavy atom. The van der Waals surface area contributed by atoms with Gasteiger partial charge < -0.3 is 43.3 Å². The van der Waals surface area contributed by atoms with Crippen LogP contribution in [0.15, 0.2) is 34.4 Å². The smallest absolute Gasteiger partial charge is 0.410 e. The summed E-state index contributed by atoms with van der Waals surface area (Å²) in [7, 11) is 3.86. The molecule has 5 heterocycles. The highest BCUT2D eigenvalue weighted by Gasteiger charge is 2.60. The number of ether oxygens (including phenoxy) is 6. The van der Waals surface area contributed by atoms with Crippen LogP contribution in [0.4, 0.5) is 4.79 Å². The molecule has 0 aromatic heterocycles. The summed E-state index contributed by atoms with van der Waals surface area (Å²) in [6.07, 6.45) is -3.55. The molecule has 1 N–H and O–H groups in total. The lowest BCUT2D eigenvalue weighted by atomic mass is 9.72. The number of nitriles is 1. The summed E-state index contributed by atoms with van der Waals surface area (Å²) in [5.74, 6) is -2.32. The fourth-order valence-electron chi connectivity index (χ4n) is 10.1. The Morgan fingerprint density at radius 3 is 2.59 bits per heavy atom. The Kier molecular flexibility index (Phi) is 13.6. The van der Waals surface area contributed by atoms with Gasteiger partial charge in [-0.05, 0) is 84.7 Å². The number of aliphatic imine (C=N–C) groups is 1. The quantitative estimate of drug-likeness (QED) is 0.297. The minimum atomic E-state index is -1.14. The van der Waals surface area contributed by atoms with Crippen molar-refractivity contribution in [2.75, 3.05) is 40.4 Å². The molecule has 0 radical (unpaired) electrons. The summed E-state index contributed by atoms with van der Waals surface area (Å²) >= 11 is 0. The lowest BCUT2D eigenvalue weighted by Crippen LogP contribution is -2.60. The Labute approximate surface area is 342 Å². The van der Waals surface area contributed by atoms with Crippen molar-refractivity contribution in [2.45, 2.75) is 141 Å². The van der Waals surface area contributed by atoms with Gasteiger partial charge in [0.1, 0.15) is 24.5 Å². The van der Waals surface area contributed by atoms with Crippen molar-refractivity contribution in [1.82, 2.24) is 9.80 Å². The second-order valence-corrected chi connectivity index (χ2v) is 17.6. The monoisotopic (exact) mass is 809 g/mol. The zero-order valence-corrected chi connectivity index (χ0v) is 35.8. The number of hydrogen-bond donors (Lipinski definition) is 1. The standard InChI is InChI=1S/C43H63N5O10/c1-11-33-43(8)37-26(4)34(45-15-16-48(37)41(51)58-43)24(2)19-42(7)38(57-40-35(49)32(47(9)10)17-25(3)55-40)27(5)36(28(6)39(50)56-33)52-22-31(23-53-42)46-54-21-30-14-12-13-29(18-30)20-44/h12-14,18,24-28,32-33,35-38,40,49H,11,15-17,19,21-23H2,1-10H3/b46-31+/t24-,25+,26+,27+,28-,32-,33-,35+,36+,37-,38-,40-,42-,43-/m1/s1. The molecule has 320 valence electrons. The first kappa shape index (κ1) is 43.9. The summed E-state index contributed by atoms with van der Waals surface area (Å²) in [5.41, 5.74) is 0.388. The Balaban J connectivity index is 1.45. The van der Waals surface area contributed by atoms with Gasteiger partial charge in [0, 0.05) is 30.1 Å². The Bertz CT molecular complexity index is 1750. The second kappa shape index (κ2) is 17.9. The molecule has 4 saturated heterocycles. The van der Waals surface area contributed by atoms with Crippen LogP contribution in [0.2, 0.25) is 0 Å². The number of nitrogens with zero attached hydrogens (tertiary/aromatic N) is 5. The van der Waals surface area contributed by atoms with Gasteiger partial charge in [-0.25, -0.2) is 4.79 Å². The molecule has 4 fully saturated rings. The second-order valence-electron chi connectivity index (χ2n) is 17.6. The van der Waals surface area contributed by atoms with E-state index in [-0.39, 0.29) is 43.8 Å². The first-order chi connectivity index (χ1) is 27.5.